The van der Waals surface area contributed by atoms with Gasteiger partial charge < -0.3 is 14.0 Å². The molecule has 118 valence electrons. The van der Waals surface area contributed by atoms with E-state index in [1.54, 1.807) is 4.57 Å². The van der Waals surface area contributed by atoms with E-state index < -0.39 is 0 Å². The molecule has 0 bridgehead atoms. The van der Waals surface area contributed by atoms with Crippen LogP contribution in [0, 0.1) is 13.8 Å². The van der Waals surface area contributed by atoms with Crippen molar-refractivity contribution in [2.24, 2.45) is 0 Å². The quantitative estimate of drug-likeness (QED) is 0.872. The van der Waals surface area contributed by atoms with Gasteiger partial charge in [0.1, 0.15) is 0 Å². The number of rotatable bonds is 3. The Morgan fingerprint density at radius 3 is 2.82 bits per heavy atom. The third kappa shape index (κ3) is 2.52. The van der Waals surface area contributed by atoms with Crippen LogP contribution in [0.1, 0.15) is 35.7 Å². The van der Waals surface area contributed by atoms with E-state index in [1.165, 1.54) is 17.0 Å². The molecule has 0 fully saturated rings. The fourth-order valence-corrected chi connectivity index (χ4v) is 3.97. The maximum Gasteiger partial charge on any atom is 0.307 e. The summed E-state index contributed by atoms with van der Waals surface area (Å²) in [4.78, 5) is 27.4. The number of hydrogen-bond acceptors (Lipinski definition) is 3. The highest BCUT2D eigenvalue weighted by molar-refractivity contribution is 7.09. The summed E-state index contributed by atoms with van der Waals surface area (Å²) < 4.78 is 3.92. The van der Waals surface area contributed by atoms with Gasteiger partial charge in [0, 0.05) is 48.5 Å². The molecule has 1 atom stereocenters. The number of amides is 1. The van der Waals surface area contributed by atoms with E-state index in [4.69, 9.17) is 0 Å². The van der Waals surface area contributed by atoms with Crippen LogP contribution in [-0.2, 0) is 17.9 Å². The number of fused-ring (bicyclic) bond motifs is 1. The highest BCUT2D eigenvalue weighted by atomic mass is 32.1. The lowest BCUT2D eigenvalue weighted by Gasteiger charge is -2.35. The third-order valence-corrected chi connectivity index (χ3v) is 5.58. The van der Waals surface area contributed by atoms with Crippen LogP contribution < -0.4 is 4.87 Å². The van der Waals surface area contributed by atoms with Crippen molar-refractivity contribution in [1.29, 1.82) is 0 Å². The van der Waals surface area contributed by atoms with Crippen molar-refractivity contribution in [3.63, 3.8) is 0 Å². The topological polar surface area (TPSA) is 47.2 Å². The number of aromatic nitrogens is 2. The van der Waals surface area contributed by atoms with Crippen LogP contribution >= 0.6 is 11.3 Å². The fourth-order valence-electron chi connectivity index (χ4n) is 3.12. The third-order valence-electron chi connectivity index (χ3n) is 4.59. The molecule has 5 nitrogen and oxygen atoms in total. The predicted octanol–water partition coefficient (Wildman–Crippen LogP) is 2.32. The molecule has 6 heteroatoms. The summed E-state index contributed by atoms with van der Waals surface area (Å²) in [5, 5.41) is 0. The first-order valence-corrected chi connectivity index (χ1v) is 8.42. The lowest BCUT2D eigenvalue weighted by Crippen LogP contribution is -2.41. The lowest BCUT2D eigenvalue weighted by atomic mass is 10.1. The second-order valence-electron chi connectivity index (χ2n) is 5.80. The van der Waals surface area contributed by atoms with Gasteiger partial charge in [-0.2, -0.15) is 0 Å². The van der Waals surface area contributed by atoms with Crippen molar-refractivity contribution in [3.8, 4) is 0 Å². The van der Waals surface area contributed by atoms with Crippen LogP contribution in [0.2, 0.25) is 0 Å². The van der Waals surface area contributed by atoms with E-state index >= 15 is 0 Å². The number of carbonyl (C=O) groups is 1. The Balaban J connectivity index is 1.69. The van der Waals surface area contributed by atoms with Crippen LogP contribution in [0.15, 0.2) is 23.1 Å². The van der Waals surface area contributed by atoms with Crippen LogP contribution in [0.3, 0.4) is 0 Å². The molecular formula is C16H21N3O2S. The average Bonchev–Trinajstić information content (AvgIpc) is 3.04. The molecule has 0 saturated heterocycles. The zero-order chi connectivity index (χ0) is 15.9. The molecule has 0 N–H and O–H groups in total. The fraction of sp³-hybridized carbons (Fsp3) is 0.500. The summed E-state index contributed by atoms with van der Waals surface area (Å²) in [7, 11) is 0. The van der Waals surface area contributed by atoms with Crippen molar-refractivity contribution in [3.05, 3.63) is 44.3 Å². The molecule has 0 radical (unpaired) electrons. The van der Waals surface area contributed by atoms with Gasteiger partial charge in [0.15, 0.2) is 0 Å². The molecule has 0 unspecified atom stereocenters. The number of hydrogen-bond donors (Lipinski definition) is 0. The van der Waals surface area contributed by atoms with E-state index in [9.17, 15) is 9.59 Å². The Morgan fingerprint density at radius 2 is 2.14 bits per heavy atom. The standard InChI is InChI=1S/C16H21N3O2S/c1-11-13(3)22-16(21)19(11)8-6-15(20)18-10-9-17-7-4-5-14(17)12(18)2/h4-5,7,12H,6,8-10H2,1-3H3/t12-/m0/s1. The van der Waals surface area contributed by atoms with E-state index in [2.05, 4.69) is 23.8 Å². The highest BCUT2D eigenvalue weighted by Crippen LogP contribution is 2.25. The number of thiazole rings is 1. The Bertz CT molecular complexity index is 756. The van der Waals surface area contributed by atoms with E-state index in [0.29, 0.717) is 13.0 Å². The van der Waals surface area contributed by atoms with Crippen molar-refractivity contribution in [2.45, 2.75) is 46.3 Å². The van der Waals surface area contributed by atoms with Gasteiger partial charge in [-0.15, -0.1) is 0 Å². The second kappa shape index (κ2) is 5.76. The SMILES string of the molecule is Cc1sc(=O)n(CCC(=O)N2CCn3cccc3[C@@H]2C)c1C. The molecular weight excluding hydrogens is 298 g/mol. The van der Waals surface area contributed by atoms with Gasteiger partial charge in [0.25, 0.3) is 0 Å². The summed E-state index contributed by atoms with van der Waals surface area (Å²) >= 11 is 1.25. The minimum absolute atomic E-state index is 0.0309. The molecule has 0 saturated carbocycles. The first kappa shape index (κ1) is 15.1. The predicted molar refractivity (Wildman–Crippen MR) is 87.2 cm³/mol. The maximum atomic E-state index is 12.5. The number of carbonyl (C=O) groups excluding carboxylic acids is 1. The molecule has 1 aliphatic rings. The summed E-state index contributed by atoms with van der Waals surface area (Å²) in [6.45, 7) is 8.00. The van der Waals surface area contributed by atoms with Gasteiger partial charge in [-0.1, -0.05) is 11.3 Å². The van der Waals surface area contributed by atoms with Crippen LogP contribution in [0.25, 0.3) is 0 Å². The molecule has 1 amide bonds. The van der Waals surface area contributed by atoms with Crippen molar-refractivity contribution in [2.75, 3.05) is 6.54 Å². The molecule has 3 rings (SSSR count). The summed E-state index contributed by atoms with van der Waals surface area (Å²) in [6, 6.07) is 4.19. The van der Waals surface area contributed by atoms with Gasteiger partial charge >= 0.3 is 4.87 Å². The number of aryl methyl sites for hydroxylation is 1. The van der Waals surface area contributed by atoms with Gasteiger partial charge in [0.2, 0.25) is 5.91 Å². The Labute approximate surface area is 133 Å². The first-order valence-electron chi connectivity index (χ1n) is 7.60. The minimum atomic E-state index is 0.0309. The average molecular weight is 319 g/mol. The van der Waals surface area contributed by atoms with E-state index in [1.807, 2.05) is 24.8 Å². The Kier molecular flexibility index (Phi) is 3.95. The van der Waals surface area contributed by atoms with Gasteiger partial charge in [-0.25, -0.2) is 0 Å². The second-order valence-corrected chi connectivity index (χ2v) is 6.97. The molecule has 3 heterocycles. The number of nitrogens with zero attached hydrogens (tertiary/aromatic N) is 3. The first-order chi connectivity index (χ1) is 10.5. The van der Waals surface area contributed by atoms with Crippen LogP contribution in [-0.4, -0.2) is 26.5 Å². The minimum Gasteiger partial charge on any atom is -0.348 e. The van der Waals surface area contributed by atoms with E-state index in [-0.39, 0.29) is 16.8 Å². The van der Waals surface area contributed by atoms with Crippen molar-refractivity contribution >= 4 is 17.2 Å². The monoisotopic (exact) mass is 319 g/mol. The zero-order valence-corrected chi connectivity index (χ0v) is 14.0. The molecule has 1 aliphatic heterocycles. The van der Waals surface area contributed by atoms with Gasteiger partial charge in [-0.3, -0.25) is 9.59 Å². The van der Waals surface area contributed by atoms with Gasteiger partial charge in [-0.05, 0) is 32.9 Å². The summed E-state index contributed by atoms with van der Waals surface area (Å²) in [6.07, 6.45) is 2.44. The molecule has 0 spiro atoms. The van der Waals surface area contributed by atoms with E-state index in [0.717, 1.165) is 23.7 Å². The molecule has 22 heavy (non-hydrogen) atoms. The normalized spacial score (nSPS) is 17.6. The highest BCUT2D eigenvalue weighted by Gasteiger charge is 2.27. The maximum absolute atomic E-state index is 12.5. The van der Waals surface area contributed by atoms with Crippen molar-refractivity contribution in [1.82, 2.24) is 14.0 Å². The Morgan fingerprint density at radius 1 is 1.36 bits per heavy atom. The summed E-state index contributed by atoms with van der Waals surface area (Å²) in [5.74, 6) is 0.120. The molecule has 0 aromatic carbocycles. The van der Waals surface area contributed by atoms with Gasteiger partial charge in [0.05, 0.1) is 6.04 Å². The van der Waals surface area contributed by atoms with Crippen molar-refractivity contribution < 1.29 is 4.79 Å². The lowest BCUT2D eigenvalue weighted by molar-refractivity contribution is -0.134. The molecule has 2 aromatic heterocycles. The van der Waals surface area contributed by atoms with Crippen LogP contribution in [0.4, 0.5) is 0 Å². The summed E-state index contributed by atoms with van der Waals surface area (Å²) in [5.41, 5.74) is 2.16. The molecule has 0 aliphatic carbocycles. The molecule has 2 aromatic rings. The zero-order valence-electron chi connectivity index (χ0n) is 13.2. The smallest absolute Gasteiger partial charge is 0.307 e. The Hall–Kier alpha value is -1.82. The largest absolute Gasteiger partial charge is 0.348 e. The van der Waals surface area contributed by atoms with Crippen LogP contribution in [0.5, 0.6) is 0 Å².